The molecule has 0 aliphatic carbocycles. The summed E-state index contributed by atoms with van der Waals surface area (Å²) in [4.78, 5) is 14.2. The molecule has 2 aromatic rings. The second-order valence-electron chi connectivity index (χ2n) is 6.87. The molecule has 0 heterocycles. The van der Waals surface area contributed by atoms with Crippen molar-refractivity contribution in [3.05, 3.63) is 65.5 Å². The molecule has 5 nitrogen and oxygen atoms in total. The Morgan fingerprint density at radius 2 is 2.00 bits per heavy atom. The van der Waals surface area contributed by atoms with Crippen LogP contribution in [0.2, 0.25) is 0 Å². The number of rotatable bonds is 10. The predicted molar refractivity (Wildman–Crippen MR) is 114 cm³/mol. The lowest BCUT2D eigenvalue weighted by Gasteiger charge is -2.24. The Morgan fingerprint density at radius 1 is 1.21 bits per heavy atom. The molecule has 1 atom stereocenters. The third kappa shape index (κ3) is 6.91. The van der Waals surface area contributed by atoms with Gasteiger partial charge in [-0.15, -0.1) is 0 Å². The molecule has 1 unspecified atom stereocenters. The Hall–Kier alpha value is -2.86. The van der Waals surface area contributed by atoms with Crippen molar-refractivity contribution in [3.8, 4) is 11.5 Å². The van der Waals surface area contributed by atoms with Gasteiger partial charge in [-0.3, -0.25) is 4.79 Å². The molecule has 156 valence electrons. The third-order valence-corrected chi connectivity index (χ3v) is 4.40. The van der Waals surface area contributed by atoms with Gasteiger partial charge in [0.2, 0.25) is 5.91 Å². The van der Waals surface area contributed by atoms with Crippen LogP contribution in [-0.4, -0.2) is 45.2 Å². The Morgan fingerprint density at radius 3 is 2.66 bits per heavy atom. The maximum Gasteiger partial charge on any atom is 0.244 e. The lowest BCUT2D eigenvalue weighted by atomic mass is 10.1. The number of hydrogen-bond donors (Lipinski definition) is 1. The Balaban J connectivity index is 1.99. The first-order valence-electron chi connectivity index (χ1n) is 9.63. The van der Waals surface area contributed by atoms with Crippen molar-refractivity contribution in [3.63, 3.8) is 0 Å². The van der Waals surface area contributed by atoms with Crippen LogP contribution in [0.5, 0.6) is 11.5 Å². The summed E-state index contributed by atoms with van der Waals surface area (Å²) in [6.45, 7) is 3.02. The Kier molecular flexibility index (Phi) is 8.68. The summed E-state index contributed by atoms with van der Waals surface area (Å²) in [7, 11) is 5.38. The van der Waals surface area contributed by atoms with Crippen LogP contribution in [0.4, 0.5) is 4.39 Å². The lowest BCUT2D eigenvalue weighted by Crippen LogP contribution is -2.33. The van der Waals surface area contributed by atoms with Crippen LogP contribution < -0.4 is 14.8 Å². The van der Waals surface area contributed by atoms with Crippen molar-refractivity contribution in [2.24, 2.45) is 0 Å². The van der Waals surface area contributed by atoms with E-state index in [4.69, 9.17) is 9.47 Å². The number of likely N-dealkylation sites (N-methyl/N-ethyl adjacent to an activating group) is 1. The molecule has 1 amide bonds. The number of nitrogens with zero attached hydrogens (tertiary/aromatic N) is 1. The number of nitrogens with one attached hydrogen (secondary N) is 1. The number of hydrogen-bond acceptors (Lipinski definition) is 4. The molecule has 0 saturated heterocycles. The maximum atomic E-state index is 13.5. The van der Waals surface area contributed by atoms with E-state index in [1.807, 2.05) is 50.2 Å². The van der Waals surface area contributed by atoms with E-state index in [1.165, 1.54) is 18.2 Å². The van der Waals surface area contributed by atoms with Crippen LogP contribution in [0.25, 0.3) is 6.08 Å². The zero-order valence-corrected chi connectivity index (χ0v) is 17.4. The average molecular weight is 400 g/mol. The number of methoxy groups -OCH3 is 1. The Bertz CT molecular complexity index is 837. The molecular formula is C23H29FN2O3. The first-order chi connectivity index (χ1) is 13.9. The molecule has 0 aliphatic heterocycles. The molecule has 2 rings (SSSR count). The number of carbonyl (C=O) groups is 1. The normalized spacial score (nSPS) is 12.2. The van der Waals surface area contributed by atoms with E-state index in [1.54, 1.807) is 19.3 Å². The van der Waals surface area contributed by atoms with Crippen LogP contribution in [-0.2, 0) is 4.79 Å². The quantitative estimate of drug-likeness (QED) is 0.611. The zero-order chi connectivity index (χ0) is 21.2. The minimum atomic E-state index is -0.291. The van der Waals surface area contributed by atoms with Gasteiger partial charge in [-0.25, -0.2) is 4.39 Å². The molecule has 0 fully saturated rings. The van der Waals surface area contributed by atoms with E-state index >= 15 is 0 Å². The van der Waals surface area contributed by atoms with Crippen molar-refractivity contribution < 1.29 is 18.7 Å². The second kappa shape index (κ2) is 11.2. The molecule has 0 aromatic heterocycles. The van der Waals surface area contributed by atoms with Gasteiger partial charge in [0.15, 0.2) is 11.5 Å². The van der Waals surface area contributed by atoms with E-state index in [9.17, 15) is 9.18 Å². The largest absolute Gasteiger partial charge is 0.493 e. The van der Waals surface area contributed by atoms with Gasteiger partial charge in [-0.05, 0) is 62.0 Å². The molecular weight excluding hydrogens is 371 g/mol. The van der Waals surface area contributed by atoms with E-state index in [0.717, 1.165) is 17.5 Å². The van der Waals surface area contributed by atoms with Crippen LogP contribution in [0.3, 0.4) is 0 Å². The SMILES string of the molecule is CCCOc1ccc(/C=C/C(=O)NCC(c2cccc(F)c2)N(C)C)cc1OC. The van der Waals surface area contributed by atoms with Crippen LogP contribution in [0, 0.1) is 5.82 Å². The maximum absolute atomic E-state index is 13.5. The summed E-state index contributed by atoms with van der Waals surface area (Å²) < 4.78 is 24.5. The number of amides is 1. The standard InChI is InChI=1S/C23H29FN2O3/c1-5-13-29-21-11-9-17(14-22(21)28-4)10-12-23(27)25-16-20(26(2)3)18-7-6-8-19(24)15-18/h6-12,14-15,20H,5,13,16H2,1-4H3,(H,25,27)/b12-10+. The molecule has 6 heteroatoms. The Labute approximate surface area is 172 Å². The fraction of sp³-hybridized carbons (Fsp3) is 0.348. The minimum absolute atomic E-state index is 0.127. The van der Waals surface area contributed by atoms with Gasteiger partial charge in [0.25, 0.3) is 0 Å². The highest BCUT2D eigenvalue weighted by Gasteiger charge is 2.15. The highest BCUT2D eigenvalue weighted by molar-refractivity contribution is 5.91. The molecule has 0 radical (unpaired) electrons. The minimum Gasteiger partial charge on any atom is -0.493 e. The second-order valence-corrected chi connectivity index (χ2v) is 6.87. The van der Waals surface area contributed by atoms with Crippen LogP contribution >= 0.6 is 0 Å². The van der Waals surface area contributed by atoms with E-state index in [0.29, 0.717) is 24.7 Å². The summed E-state index contributed by atoms with van der Waals surface area (Å²) in [5.74, 6) is 0.791. The zero-order valence-electron chi connectivity index (χ0n) is 17.4. The van der Waals surface area contributed by atoms with E-state index in [2.05, 4.69) is 5.32 Å². The fourth-order valence-electron chi connectivity index (χ4n) is 2.86. The predicted octanol–water partition coefficient (Wildman–Crippen LogP) is 4.06. The monoisotopic (exact) mass is 400 g/mol. The fourth-order valence-corrected chi connectivity index (χ4v) is 2.86. The third-order valence-electron chi connectivity index (χ3n) is 4.40. The molecule has 0 spiro atoms. The van der Waals surface area contributed by atoms with Crippen molar-refractivity contribution in [1.82, 2.24) is 10.2 Å². The lowest BCUT2D eigenvalue weighted by molar-refractivity contribution is -0.116. The van der Waals surface area contributed by atoms with Gasteiger partial charge in [-0.2, -0.15) is 0 Å². The first kappa shape index (κ1) is 22.4. The summed E-state index contributed by atoms with van der Waals surface area (Å²) in [6, 6.07) is 11.8. The number of ether oxygens (including phenoxy) is 2. The average Bonchev–Trinajstić information content (AvgIpc) is 2.71. The molecule has 0 bridgehead atoms. The van der Waals surface area contributed by atoms with Gasteiger partial charge >= 0.3 is 0 Å². The molecule has 0 aliphatic rings. The molecule has 1 N–H and O–H groups in total. The first-order valence-corrected chi connectivity index (χ1v) is 9.63. The summed E-state index contributed by atoms with van der Waals surface area (Å²) >= 11 is 0. The van der Waals surface area contributed by atoms with E-state index < -0.39 is 0 Å². The number of carbonyl (C=O) groups excluding carboxylic acids is 1. The van der Waals surface area contributed by atoms with Crippen LogP contribution in [0.1, 0.15) is 30.5 Å². The number of halogens is 1. The van der Waals surface area contributed by atoms with Gasteiger partial charge in [0.05, 0.1) is 19.8 Å². The van der Waals surface area contributed by atoms with Gasteiger partial charge in [-0.1, -0.05) is 25.1 Å². The summed E-state index contributed by atoms with van der Waals surface area (Å²) in [5, 5.41) is 2.87. The molecule has 0 saturated carbocycles. The molecule has 29 heavy (non-hydrogen) atoms. The van der Waals surface area contributed by atoms with Crippen molar-refractivity contribution in [1.29, 1.82) is 0 Å². The summed E-state index contributed by atoms with van der Waals surface area (Å²) in [6.07, 6.45) is 4.10. The topological polar surface area (TPSA) is 50.8 Å². The highest BCUT2D eigenvalue weighted by Crippen LogP contribution is 2.28. The van der Waals surface area contributed by atoms with Crippen LogP contribution in [0.15, 0.2) is 48.5 Å². The molecule has 2 aromatic carbocycles. The van der Waals surface area contributed by atoms with E-state index in [-0.39, 0.29) is 17.8 Å². The van der Waals surface area contributed by atoms with Crippen molar-refractivity contribution in [2.75, 3.05) is 34.4 Å². The van der Waals surface area contributed by atoms with Crippen molar-refractivity contribution >= 4 is 12.0 Å². The van der Waals surface area contributed by atoms with Crippen molar-refractivity contribution in [2.45, 2.75) is 19.4 Å². The smallest absolute Gasteiger partial charge is 0.244 e. The number of benzene rings is 2. The van der Waals surface area contributed by atoms with Gasteiger partial charge in [0.1, 0.15) is 5.82 Å². The highest BCUT2D eigenvalue weighted by atomic mass is 19.1. The van der Waals surface area contributed by atoms with Gasteiger partial charge in [0, 0.05) is 12.6 Å². The van der Waals surface area contributed by atoms with Gasteiger partial charge < -0.3 is 19.7 Å². The summed E-state index contributed by atoms with van der Waals surface area (Å²) in [5.41, 5.74) is 1.64.